The summed E-state index contributed by atoms with van der Waals surface area (Å²) in [5.41, 5.74) is 8.46. The normalized spacial score (nSPS) is 11.7. The van der Waals surface area contributed by atoms with Gasteiger partial charge in [-0.05, 0) is 101 Å². The zero-order valence-electron chi connectivity index (χ0n) is 32.8. The molecule has 0 amide bonds. The standard InChI is InChI=1S/C20H23F4N.C11H14O.C9H9F4N.CH4O3S.ClH/c1-19(2,3)16-6-4-14(5-7-16)13-25-9-8-15-10-17(20(22,23)24)12-18(21)11-15;1-11(2,3)10-6-4-9(8-12)5-7-10;10-8-4-6(1-2-14)3-7(5-8)9(11,12)13;1-5(2,3)4;/h4-7,10-12,25H,8-9,13H2,1-3H3;4-8H,1-3H3;3-5H,1-2,14H2;1H3,(H,2,3,4);1H. The Morgan fingerprint density at radius 3 is 1.33 bits per heavy atom. The third kappa shape index (κ3) is 22.6. The smallest absolute Gasteiger partial charge is 0.330 e. The zero-order chi connectivity index (χ0) is 43.1. The maximum Gasteiger partial charge on any atom is 0.416 e. The van der Waals surface area contributed by atoms with Gasteiger partial charge in [0.15, 0.2) is 0 Å². The van der Waals surface area contributed by atoms with E-state index < -0.39 is 45.2 Å². The number of alkyl halides is 6. The molecule has 318 valence electrons. The van der Waals surface area contributed by atoms with Crippen LogP contribution in [0.4, 0.5) is 35.1 Å². The second kappa shape index (κ2) is 22.9. The highest BCUT2D eigenvalue weighted by molar-refractivity contribution is 7.85. The van der Waals surface area contributed by atoms with Crippen molar-refractivity contribution in [2.45, 2.75) is 84.1 Å². The quantitative estimate of drug-likeness (QED) is 0.0705. The molecule has 6 nitrogen and oxygen atoms in total. The minimum Gasteiger partial charge on any atom is -0.330 e. The first kappa shape index (κ1) is 53.1. The molecular weight excluding hydrogens is 804 g/mol. The predicted octanol–water partition coefficient (Wildman–Crippen LogP) is 10.5. The average Bonchev–Trinajstić information content (AvgIpc) is 3.05. The number of aldehydes is 1. The third-order valence-corrected chi connectivity index (χ3v) is 7.66. The summed E-state index contributed by atoms with van der Waals surface area (Å²) in [5, 5.41) is 3.18. The zero-order valence-corrected chi connectivity index (χ0v) is 34.4. The molecule has 0 radical (unpaired) electrons. The highest BCUT2D eigenvalue weighted by Gasteiger charge is 2.32. The van der Waals surface area contributed by atoms with Gasteiger partial charge in [-0.2, -0.15) is 34.8 Å². The van der Waals surface area contributed by atoms with Gasteiger partial charge < -0.3 is 11.1 Å². The van der Waals surface area contributed by atoms with Crippen molar-refractivity contribution in [1.82, 2.24) is 5.32 Å². The second-order valence-electron chi connectivity index (χ2n) is 14.8. The summed E-state index contributed by atoms with van der Waals surface area (Å²) in [5.74, 6) is -1.74. The fourth-order valence-electron chi connectivity index (χ4n) is 4.73. The number of carbonyl (C=O) groups is 1. The molecule has 0 unspecified atom stereocenters. The molecule has 0 heterocycles. The van der Waals surface area contributed by atoms with Gasteiger partial charge in [-0.25, -0.2) is 8.78 Å². The highest BCUT2D eigenvalue weighted by Crippen LogP contribution is 2.31. The van der Waals surface area contributed by atoms with Gasteiger partial charge in [-0.15, -0.1) is 12.4 Å². The van der Waals surface area contributed by atoms with Gasteiger partial charge >= 0.3 is 12.4 Å². The Bertz CT molecular complexity index is 1920. The Kier molecular flexibility index (Phi) is 21.3. The molecule has 16 heteroatoms. The van der Waals surface area contributed by atoms with Crippen LogP contribution in [0.1, 0.15) is 90.8 Å². The maximum atomic E-state index is 13.3. The molecule has 57 heavy (non-hydrogen) atoms. The van der Waals surface area contributed by atoms with E-state index in [1.165, 1.54) is 11.1 Å². The van der Waals surface area contributed by atoms with E-state index in [1.807, 2.05) is 36.4 Å². The number of carbonyl (C=O) groups excluding carboxylic acids is 1. The van der Waals surface area contributed by atoms with Crippen LogP contribution in [0.2, 0.25) is 0 Å². The molecule has 0 saturated carbocycles. The van der Waals surface area contributed by atoms with Crippen molar-refractivity contribution in [3.63, 3.8) is 0 Å². The fraction of sp³-hybridized carbons (Fsp3) is 0.390. The van der Waals surface area contributed by atoms with Crippen LogP contribution in [0.15, 0.2) is 84.9 Å². The largest absolute Gasteiger partial charge is 0.416 e. The van der Waals surface area contributed by atoms with Crippen LogP contribution in [-0.2, 0) is 52.7 Å². The minimum atomic E-state index is -4.53. The lowest BCUT2D eigenvalue weighted by Crippen LogP contribution is -2.17. The van der Waals surface area contributed by atoms with Crippen molar-refractivity contribution in [2.24, 2.45) is 5.73 Å². The summed E-state index contributed by atoms with van der Waals surface area (Å²) < 4.78 is 127. The van der Waals surface area contributed by atoms with E-state index in [1.54, 1.807) is 0 Å². The molecule has 0 aliphatic rings. The molecule has 0 bridgehead atoms. The minimum absolute atomic E-state index is 0. The molecule has 4 rings (SSSR count). The van der Waals surface area contributed by atoms with E-state index >= 15 is 0 Å². The van der Waals surface area contributed by atoms with Gasteiger partial charge in [-0.3, -0.25) is 9.35 Å². The molecule has 4 N–H and O–H groups in total. The molecule has 0 aromatic heterocycles. The fourth-order valence-corrected chi connectivity index (χ4v) is 4.73. The Morgan fingerprint density at radius 1 is 0.632 bits per heavy atom. The second-order valence-corrected chi connectivity index (χ2v) is 16.3. The van der Waals surface area contributed by atoms with Gasteiger partial charge in [0.25, 0.3) is 10.1 Å². The number of rotatable bonds is 8. The first-order chi connectivity index (χ1) is 25.5. The maximum absolute atomic E-state index is 13.3. The highest BCUT2D eigenvalue weighted by atomic mass is 35.5. The average molecular weight is 855 g/mol. The third-order valence-electron chi connectivity index (χ3n) is 7.66. The van der Waals surface area contributed by atoms with Crippen LogP contribution in [0, 0.1) is 11.6 Å². The van der Waals surface area contributed by atoms with E-state index in [4.69, 9.17) is 10.3 Å². The van der Waals surface area contributed by atoms with E-state index in [0.717, 1.165) is 41.7 Å². The van der Waals surface area contributed by atoms with Crippen LogP contribution in [0.5, 0.6) is 0 Å². The van der Waals surface area contributed by atoms with Crippen LogP contribution in [0.25, 0.3) is 0 Å². The van der Waals surface area contributed by atoms with Crippen LogP contribution >= 0.6 is 12.4 Å². The Balaban J connectivity index is 0.000000830. The number of nitrogens with one attached hydrogen (secondary N) is 1. The SMILES string of the molecule is CC(C)(C)c1ccc(C=O)cc1.CC(C)(C)c1ccc(CNCCc2cc(F)cc(C(F)(F)F)c2)cc1.CS(=O)(=O)O.Cl.NCCc1cc(F)cc(C(F)(F)F)c1. The first-order valence-electron chi connectivity index (χ1n) is 17.2. The monoisotopic (exact) mass is 854 g/mol. The van der Waals surface area contributed by atoms with Crippen molar-refractivity contribution < 1.29 is 52.9 Å². The summed E-state index contributed by atoms with van der Waals surface area (Å²) in [6, 6.07) is 21.1. The lowest BCUT2D eigenvalue weighted by atomic mass is 9.87. The van der Waals surface area contributed by atoms with Crippen LogP contribution in [0.3, 0.4) is 0 Å². The predicted molar refractivity (Wildman–Crippen MR) is 211 cm³/mol. The lowest BCUT2D eigenvalue weighted by Gasteiger charge is -2.19. The molecule has 0 atom stereocenters. The number of benzene rings is 4. The van der Waals surface area contributed by atoms with E-state index in [0.29, 0.717) is 43.5 Å². The molecule has 4 aromatic carbocycles. The van der Waals surface area contributed by atoms with E-state index in [2.05, 4.69) is 59.0 Å². The number of hydrogen-bond donors (Lipinski definition) is 3. The summed E-state index contributed by atoms with van der Waals surface area (Å²) >= 11 is 0. The van der Waals surface area contributed by atoms with Gasteiger partial charge in [-0.1, -0.05) is 90.1 Å². The van der Waals surface area contributed by atoms with Crippen molar-refractivity contribution >= 4 is 28.8 Å². The van der Waals surface area contributed by atoms with Crippen LogP contribution < -0.4 is 11.1 Å². The lowest BCUT2D eigenvalue weighted by molar-refractivity contribution is -0.138. The van der Waals surface area contributed by atoms with Crippen molar-refractivity contribution in [2.75, 3.05) is 19.3 Å². The van der Waals surface area contributed by atoms with Gasteiger partial charge in [0.1, 0.15) is 17.9 Å². The van der Waals surface area contributed by atoms with Gasteiger partial charge in [0.2, 0.25) is 0 Å². The molecule has 0 aliphatic heterocycles. The van der Waals surface area contributed by atoms with Crippen molar-refractivity contribution in [3.05, 3.63) is 141 Å². The van der Waals surface area contributed by atoms with Crippen molar-refractivity contribution in [1.29, 1.82) is 0 Å². The number of halogens is 9. The summed E-state index contributed by atoms with van der Waals surface area (Å²) in [6.07, 6.45) is -6.88. The van der Waals surface area contributed by atoms with Gasteiger partial charge in [0, 0.05) is 12.1 Å². The molecular formula is C41H51ClF8N2O4S. The molecule has 4 aromatic rings. The first-order valence-corrected chi connectivity index (χ1v) is 19.1. The number of hydrogen-bond acceptors (Lipinski definition) is 5. The summed E-state index contributed by atoms with van der Waals surface area (Å²) in [7, 11) is -3.67. The molecule has 0 aliphatic carbocycles. The Labute approximate surface area is 336 Å². The summed E-state index contributed by atoms with van der Waals surface area (Å²) in [4.78, 5) is 10.4. The molecule has 0 spiro atoms. The van der Waals surface area contributed by atoms with E-state index in [-0.39, 0.29) is 41.8 Å². The van der Waals surface area contributed by atoms with Crippen LogP contribution in [-0.4, -0.2) is 38.6 Å². The molecule has 0 saturated heterocycles. The topological polar surface area (TPSA) is 109 Å². The number of nitrogens with two attached hydrogens (primary N) is 1. The van der Waals surface area contributed by atoms with E-state index in [9.17, 15) is 48.3 Å². The molecule has 0 fully saturated rings. The Hall–Kier alpha value is -3.89. The summed E-state index contributed by atoms with van der Waals surface area (Å²) in [6.45, 7) is 14.2. The Morgan fingerprint density at radius 2 is 1.00 bits per heavy atom. The van der Waals surface area contributed by atoms with Gasteiger partial charge in [0.05, 0.1) is 17.4 Å². The van der Waals surface area contributed by atoms with Crippen molar-refractivity contribution in [3.8, 4) is 0 Å².